The summed E-state index contributed by atoms with van der Waals surface area (Å²) in [5.41, 5.74) is 2.03. The fraction of sp³-hybridized carbons (Fsp3) is 0.0476. The molecule has 1 aromatic heterocycles. The molecule has 0 bridgehead atoms. The van der Waals surface area contributed by atoms with Gasteiger partial charge in [0.2, 0.25) is 0 Å². The molecule has 0 fully saturated rings. The molecule has 0 saturated heterocycles. The molecule has 6 heteroatoms. The summed E-state index contributed by atoms with van der Waals surface area (Å²) in [6.07, 6.45) is 1.83. The third kappa shape index (κ3) is 3.59. The highest BCUT2D eigenvalue weighted by Gasteiger charge is 2.32. The van der Waals surface area contributed by atoms with E-state index in [1.807, 2.05) is 72.1 Å². The molecule has 0 spiro atoms. The molecule has 1 aliphatic rings. The summed E-state index contributed by atoms with van der Waals surface area (Å²) in [5.74, 6) is 1.21. The van der Waals surface area contributed by atoms with Crippen molar-refractivity contribution >= 4 is 50.8 Å². The van der Waals surface area contributed by atoms with Crippen molar-refractivity contribution in [1.29, 1.82) is 0 Å². The summed E-state index contributed by atoms with van der Waals surface area (Å²) >= 11 is 5.05. The largest absolute Gasteiger partial charge is 0.497 e. The van der Waals surface area contributed by atoms with Gasteiger partial charge in [-0.2, -0.15) is 0 Å². The van der Waals surface area contributed by atoms with Gasteiger partial charge in [-0.25, -0.2) is 4.99 Å². The Balaban J connectivity index is 1.82. The van der Waals surface area contributed by atoms with E-state index in [9.17, 15) is 4.79 Å². The maximum atomic E-state index is 13.2. The van der Waals surface area contributed by atoms with Gasteiger partial charge in [0.25, 0.3) is 5.91 Å². The smallest absolute Gasteiger partial charge is 0.282 e. The van der Waals surface area contributed by atoms with Gasteiger partial charge in [-0.3, -0.25) is 9.69 Å². The van der Waals surface area contributed by atoms with Crippen molar-refractivity contribution in [1.82, 2.24) is 0 Å². The topological polar surface area (TPSA) is 41.9 Å². The first-order valence-corrected chi connectivity index (χ1v) is 9.91. The second-order valence-electron chi connectivity index (χ2n) is 5.83. The van der Waals surface area contributed by atoms with E-state index in [0.29, 0.717) is 11.5 Å². The van der Waals surface area contributed by atoms with E-state index in [0.717, 1.165) is 26.4 Å². The average Bonchev–Trinajstić information content (AvgIpc) is 3.30. The van der Waals surface area contributed by atoms with Crippen LogP contribution in [0.4, 0.5) is 5.69 Å². The van der Waals surface area contributed by atoms with E-state index < -0.39 is 0 Å². The number of thiophene rings is 1. The molecule has 1 amide bonds. The minimum Gasteiger partial charge on any atom is -0.497 e. The van der Waals surface area contributed by atoms with Crippen LogP contribution in [0.25, 0.3) is 6.08 Å². The number of benzene rings is 2. The van der Waals surface area contributed by atoms with Crippen molar-refractivity contribution in [3.8, 4) is 5.75 Å². The van der Waals surface area contributed by atoms with Crippen molar-refractivity contribution in [2.75, 3.05) is 12.0 Å². The Kier molecular flexibility index (Phi) is 4.92. The molecule has 0 radical (unpaired) electrons. The van der Waals surface area contributed by atoms with Gasteiger partial charge in [-0.1, -0.05) is 28.1 Å². The Hall–Kier alpha value is -2.70. The van der Waals surface area contributed by atoms with Crippen molar-refractivity contribution in [3.63, 3.8) is 0 Å². The summed E-state index contributed by atoms with van der Waals surface area (Å²) in [7, 11) is 1.63. The van der Waals surface area contributed by atoms with Crippen LogP contribution >= 0.6 is 27.3 Å². The highest BCUT2D eigenvalue weighted by atomic mass is 79.9. The van der Waals surface area contributed by atoms with Gasteiger partial charge in [0.15, 0.2) is 0 Å². The second kappa shape index (κ2) is 7.50. The Labute approximate surface area is 169 Å². The summed E-state index contributed by atoms with van der Waals surface area (Å²) in [4.78, 5) is 20.5. The van der Waals surface area contributed by atoms with Gasteiger partial charge >= 0.3 is 0 Å². The van der Waals surface area contributed by atoms with Crippen molar-refractivity contribution < 1.29 is 9.53 Å². The van der Waals surface area contributed by atoms with E-state index in [1.165, 1.54) is 0 Å². The van der Waals surface area contributed by atoms with Gasteiger partial charge in [0.1, 0.15) is 17.3 Å². The first-order valence-electron chi connectivity index (χ1n) is 8.24. The monoisotopic (exact) mass is 438 g/mol. The third-order valence-corrected chi connectivity index (χ3v) is 5.41. The summed E-state index contributed by atoms with van der Waals surface area (Å²) < 4.78 is 6.14. The van der Waals surface area contributed by atoms with Gasteiger partial charge < -0.3 is 4.74 Å². The Morgan fingerprint density at radius 1 is 1.11 bits per heavy atom. The number of rotatable bonds is 4. The van der Waals surface area contributed by atoms with E-state index >= 15 is 0 Å². The predicted molar refractivity (Wildman–Crippen MR) is 113 cm³/mol. The maximum Gasteiger partial charge on any atom is 0.282 e. The van der Waals surface area contributed by atoms with Crippen LogP contribution in [0.3, 0.4) is 0 Å². The minimum absolute atomic E-state index is 0.146. The lowest BCUT2D eigenvalue weighted by Gasteiger charge is -2.19. The van der Waals surface area contributed by atoms with Gasteiger partial charge in [0, 0.05) is 14.9 Å². The zero-order valence-corrected chi connectivity index (χ0v) is 16.8. The zero-order chi connectivity index (χ0) is 18.8. The standard InChI is InChI=1S/C21H15BrN2O2S/c1-26-17-9-7-14(8-10-17)20-23-19(13-18-6-3-11-27-18)21(25)24(20)16-5-2-4-15(22)12-16/h2-13H,1H3/b19-13+. The molecule has 0 N–H and O–H groups in total. The molecule has 0 unspecified atom stereocenters. The lowest BCUT2D eigenvalue weighted by Crippen LogP contribution is -2.32. The van der Waals surface area contributed by atoms with Gasteiger partial charge in [0.05, 0.1) is 12.8 Å². The molecule has 4 nitrogen and oxygen atoms in total. The van der Waals surface area contributed by atoms with E-state index in [1.54, 1.807) is 23.3 Å². The molecule has 3 aromatic rings. The molecular weight excluding hydrogens is 424 g/mol. The van der Waals surface area contributed by atoms with Crippen molar-refractivity contribution in [3.05, 3.63) is 86.7 Å². The summed E-state index contributed by atoms with van der Waals surface area (Å²) in [6.45, 7) is 0. The molecule has 134 valence electrons. The van der Waals surface area contributed by atoms with Gasteiger partial charge in [-0.15, -0.1) is 11.3 Å². The molecule has 4 rings (SSSR count). The number of anilines is 1. The summed E-state index contributed by atoms with van der Waals surface area (Å²) in [5, 5.41) is 1.98. The van der Waals surface area contributed by atoms with E-state index in [-0.39, 0.29) is 5.91 Å². The van der Waals surface area contributed by atoms with Crippen LogP contribution in [0.1, 0.15) is 10.4 Å². The van der Waals surface area contributed by atoms with Crippen LogP contribution in [-0.4, -0.2) is 18.9 Å². The van der Waals surface area contributed by atoms with E-state index in [2.05, 4.69) is 20.9 Å². The average molecular weight is 439 g/mol. The molecular formula is C21H15BrN2O2S. The maximum absolute atomic E-state index is 13.2. The Bertz CT molecular complexity index is 1040. The predicted octanol–water partition coefficient (Wildman–Crippen LogP) is 5.35. The fourth-order valence-corrected chi connectivity index (χ4v) is 3.85. The second-order valence-corrected chi connectivity index (χ2v) is 7.72. The Morgan fingerprint density at radius 2 is 1.93 bits per heavy atom. The van der Waals surface area contributed by atoms with Gasteiger partial charge in [-0.05, 0) is 60.0 Å². The zero-order valence-electron chi connectivity index (χ0n) is 14.4. The van der Waals surface area contributed by atoms with Crippen molar-refractivity contribution in [2.45, 2.75) is 0 Å². The van der Waals surface area contributed by atoms with Crippen LogP contribution in [0.5, 0.6) is 5.75 Å². The fourth-order valence-electron chi connectivity index (χ4n) is 2.81. The lowest BCUT2D eigenvalue weighted by atomic mass is 10.1. The SMILES string of the molecule is COc1ccc(C2=N/C(=C/c3cccs3)C(=O)N2c2cccc(Br)c2)cc1. The number of halogens is 1. The molecule has 0 saturated carbocycles. The highest BCUT2D eigenvalue weighted by Crippen LogP contribution is 2.30. The number of ether oxygens (including phenoxy) is 1. The number of hydrogen-bond donors (Lipinski definition) is 0. The quantitative estimate of drug-likeness (QED) is 0.514. The lowest BCUT2D eigenvalue weighted by molar-refractivity contribution is -0.113. The van der Waals surface area contributed by atoms with Crippen LogP contribution in [0, 0.1) is 0 Å². The number of nitrogens with zero attached hydrogens (tertiary/aromatic N) is 2. The highest BCUT2D eigenvalue weighted by molar-refractivity contribution is 9.10. The minimum atomic E-state index is -0.146. The number of carbonyl (C=O) groups is 1. The van der Waals surface area contributed by atoms with Crippen LogP contribution in [0.2, 0.25) is 0 Å². The molecule has 27 heavy (non-hydrogen) atoms. The number of aliphatic imine (C=N–C) groups is 1. The molecule has 2 aromatic carbocycles. The number of amidine groups is 1. The van der Waals surface area contributed by atoms with Crippen molar-refractivity contribution in [2.24, 2.45) is 4.99 Å². The normalized spacial score (nSPS) is 15.3. The Morgan fingerprint density at radius 3 is 2.59 bits per heavy atom. The molecule has 0 atom stereocenters. The molecule has 0 aliphatic carbocycles. The van der Waals surface area contributed by atoms with E-state index in [4.69, 9.17) is 4.74 Å². The van der Waals surface area contributed by atoms with Crippen LogP contribution in [-0.2, 0) is 4.79 Å². The molecule has 1 aliphatic heterocycles. The first-order chi connectivity index (χ1) is 13.2. The number of methoxy groups -OCH3 is 1. The molecule has 2 heterocycles. The first kappa shape index (κ1) is 17.7. The van der Waals surface area contributed by atoms with Crippen LogP contribution in [0.15, 0.2) is 81.2 Å². The number of carbonyl (C=O) groups excluding carboxylic acids is 1. The number of amides is 1. The summed E-state index contributed by atoms with van der Waals surface area (Å²) in [6, 6.07) is 19.1. The third-order valence-electron chi connectivity index (χ3n) is 4.10. The number of hydrogen-bond acceptors (Lipinski definition) is 4. The van der Waals surface area contributed by atoms with Crippen LogP contribution < -0.4 is 9.64 Å².